The summed E-state index contributed by atoms with van der Waals surface area (Å²) in [6.45, 7) is 1.68. The van der Waals surface area contributed by atoms with Gasteiger partial charge in [-0.15, -0.1) is 10.2 Å². The van der Waals surface area contributed by atoms with Gasteiger partial charge in [0.25, 0.3) is 5.91 Å². The number of ketones is 1. The SMILES string of the molecule is COc1cc(C2C(C(=O)c3ccc(C)o3)=C(O)C(=O)N2c2nnc(SCc3ccc(F)cc3)s2)cc(OC)c1OC. The molecule has 1 N–H and O–H groups in total. The van der Waals surface area contributed by atoms with Crippen LogP contribution in [0.25, 0.3) is 0 Å². The number of aliphatic hydroxyl groups is 1. The van der Waals surface area contributed by atoms with Crippen LogP contribution in [0.2, 0.25) is 0 Å². The van der Waals surface area contributed by atoms with Crippen molar-refractivity contribution in [1.82, 2.24) is 10.2 Å². The first-order valence-electron chi connectivity index (χ1n) is 12.1. The van der Waals surface area contributed by atoms with Crippen LogP contribution in [-0.2, 0) is 10.5 Å². The number of aliphatic hydroxyl groups excluding tert-OH is 1. The minimum absolute atomic E-state index is 0.0380. The molecule has 0 aliphatic carbocycles. The van der Waals surface area contributed by atoms with Crippen molar-refractivity contribution < 1.29 is 37.7 Å². The Balaban J connectivity index is 1.57. The molecule has 1 amide bonds. The highest BCUT2D eigenvalue weighted by Crippen LogP contribution is 2.48. The summed E-state index contributed by atoms with van der Waals surface area (Å²) in [5.41, 5.74) is 1.07. The van der Waals surface area contributed by atoms with E-state index in [0.29, 0.717) is 27.2 Å². The molecule has 2 aromatic carbocycles. The van der Waals surface area contributed by atoms with Crippen molar-refractivity contribution >= 4 is 39.9 Å². The summed E-state index contributed by atoms with van der Waals surface area (Å²) in [5, 5.41) is 19.6. The highest BCUT2D eigenvalue weighted by Gasteiger charge is 2.47. The first-order chi connectivity index (χ1) is 19.7. The maximum Gasteiger partial charge on any atom is 0.296 e. The molecule has 5 rings (SSSR count). The van der Waals surface area contributed by atoms with Crippen LogP contribution in [-0.4, -0.2) is 48.3 Å². The lowest BCUT2D eigenvalue weighted by molar-refractivity contribution is -0.117. The number of rotatable bonds is 10. The van der Waals surface area contributed by atoms with Crippen molar-refractivity contribution in [3.63, 3.8) is 0 Å². The van der Waals surface area contributed by atoms with Crippen molar-refractivity contribution in [2.24, 2.45) is 0 Å². The van der Waals surface area contributed by atoms with Crippen molar-refractivity contribution in [1.29, 1.82) is 0 Å². The van der Waals surface area contributed by atoms with Gasteiger partial charge in [-0.25, -0.2) is 4.39 Å². The molecule has 0 saturated carbocycles. The second-order valence-electron chi connectivity index (χ2n) is 8.80. The second-order valence-corrected chi connectivity index (χ2v) is 11.0. The molecule has 1 unspecified atom stereocenters. The van der Waals surface area contributed by atoms with Crippen molar-refractivity contribution in [2.75, 3.05) is 26.2 Å². The molecule has 0 saturated heterocycles. The Labute approximate surface area is 242 Å². The van der Waals surface area contributed by atoms with Crippen LogP contribution in [0.4, 0.5) is 9.52 Å². The fraction of sp³-hybridized carbons (Fsp3) is 0.214. The van der Waals surface area contributed by atoms with Crippen LogP contribution in [0.5, 0.6) is 17.2 Å². The van der Waals surface area contributed by atoms with Crippen LogP contribution in [0.15, 0.2) is 68.6 Å². The number of ether oxygens (including phenoxy) is 3. The fourth-order valence-corrected chi connectivity index (χ4v) is 6.21. The van der Waals surface area contributed by atoms with Gasteiger partial charge in [-0.05, 0) is 54.4 Å². The van der Waals surface area contributed by atoms with Gasteiger partial charge in [0.05, 0.1) is 32.9 Å². The zero-order valence-electron chi connectivity index (χ0n) is 22.3. The molecule has 0 spiro atoms. The minimum Gasteiger partial charge on any atom is -0.503 e. The second kappa shape index (κ2) is 11.6. The number of hydrogen-bond donors (Lipinski definition) is 1. The van der Waals surface area contributed by atoms with Crippen LogP contribution < -0.4 is 19.1 Å². The summed E-state index contributed by atoms with van der Waals surface area (Å²) in [4.78, 5) is 28.4. The molecule has 1 atom stereocenters. The van der Waals surface area contributed by atoms with Crippen molar-refractivity contribution in [3.05, 3.63) is 88.3 Å². The molecule has 41 heavy (non-hydrogen) atoms. The lowest BCUT2D eigenvalue weighted by Gasteiger charge is -2.25. The number of benzene rings is 2. The number of thioether (sulfide) groups is 1. The highest BCUT2D eigenvalue weighted by atomic mass is 32.2. The standard InChI is InChI=1S/C28H24FN3O7S2/c1-14-5-10-18(39-14)23(33)21-22(16-11-19(36-2)25(38-4)20(12-16)37-3)32(26(35)24(21)34)27-30-31-28(41-27)40-13-15-6-8-17(29)9-7-15/h5-12,22,34H,13H2,1-4H3. The van der Waals surface area contributed by atoms with Gasteiger partial charge in [0.1, 0.15) is 11.6 Å². The van der Waals surface area contributed by atoms with Gasteiger partial charge in [-0.3, -0.25) is 14.5 Å². The van der Waals surface area contributed by atoms with Gasteiger partial charge in [-0.1, -0.05) is 35.2 Å². The molecular formula is C28H24FN3O7S2. The molecular weight excluding hydrogens is 573 g/mol. The molecule has 0 radical (unpaired) electrons. The topological polar surface area (TPSA) is 124 Å². The van der Waals surface area contributed by atoms with Crippen LogP contribution >= 0.6 is 23.1 Å². The molecule has 212 valence electrons. The predicted molar refractivity (Wildman–Crippen MR) is 150 cm³/mol. The molecule has 1 aliphatic heterocycles. The number of aromatic nitrogens is 2. The molecule has 3 heterocycles. The van der Waals surface area contributed by atoms with Crippen LogP contribution in [0, 0.1) is 12.7 Å². The lowest BCUT2D eigenvalue weighted by atomic mass is 9.94. The summed E-state index contributed by atoms with van der Waals surface area (Å²) >= 11 is 2.46. The average molecular weight is 598 g/mol. The van der Waals surface area contributed by atoms with E-state index in [-0.39, 0.29) is 33.8 Å². The molecule has 4 aromatic rings. The number of carbonyl (C=O) groups excluding carboxylic acids is 2. The number of carbonyl (C=O) groups is 2. The van der Waals surface area contributed by atoms with Gasteiger partial charge in [0.15, 0.2) is 27.4 Å². The molecule has 0 bridgehead atoms. The molecule has 10 nitrogen and oxygen atoms in total. The smallest absolute Gasteiger partial charge is 0.296 e. The van der Waals surface area contributed by atoms with E-state index >= 15 is 0 Å². The summed E-state index contributed by atoms with van der Waals surface area (Å²) in [6, 6.07) is 11.2. The first kappa shape index (κ1) is 28.2. The van der Waals surface area contributed by atoms with E-state index in [4.69, 9.17) is 18.6 Å². The number of methoxy groups -OCH3 is 3. The number of hydrogen-bond acceptors (Lipinski definition) is 11. The maximum absolute atomic E-state index is 13.7. The normalized spacial score (nSPS) is 15.0. The van der Waals surface area contributed by atoms with E-state index in [1.807, 2.05) is 0 Å². The number of nitrogens with zero attached hydrogens (tertiary/aromatic N) is 3. The fourth-order valence-electron chi connectivity index (χ4n) is 4.38. The summed E-state index contributed by atoms with van der Waals surface area (Å²) in [7, 11) is 4.34. The Kier molecular flexibility index (Phi) is 7.99. The number of Topliss-reactive ketones (excluding diaryl/α,β-unsaturated/α-hetero) is 1. The maximum atomic E-state index is 13.7. The van der Waals surface area contributed by atoms with Gasteiger partial charge in [-0.2, -0.15) is 0 Å². The van der Waals surface area contributed by atoms with E-state index < -0.39 is 23.5 Å². The number of amides is 1. The van der Waals surface area contributed by atoms with E-state index in [2.05, 4.69) is 10.2 Å². The Morgan fingerprint density at radius 2 is 1.76 bits per heavy atom. The van der Waals surface area contributed by atoms with Gasteiger partial charge >= 0.3 is 0 Å². The average Bonchev–Trinajstić information content (AvgIpc) is 3.69. The first-order valence-corrected chi connectivity index (χ1v) is 13.9. The van der Waals surface area contributed by atoms with Gasteiger partial charge in [0.2, 0.25) is 16.7 Å². The van der Waals surface area contributed by atoms with E-state index in [0.717, 1.165) is 16.9 Å². The van der Waals surface area contributed by atoms with Crippen LogP contribution in [0.1, 0.15) is 33.5 Å². The molecule has 0 fully saturated rings. The Bertz CT molecular complexity index is 1620. The van der Waals surface area contributed by atoms with Crippen molar-refractivity contribution in [3.8, 4) is 17.2 Å². The molecule has 13 heteroatoms. The van der Waals surface area contributed by atoms with E-state index in [1.54, 1.807) is 37.3 Å². The van der Waals surface area contributed by atoms with E-state index in [9.17, 15) is 19.1 Å². The molecule has 1 aliphatic rings. The van der Waals surface area contributed by atoms with Gasteiger partial charge < -0.3 is 23.7 Å². The summed E-state index contributed by atoms with van der Waals surface area (Å²) in [5.74, 6) is -0.735. The number of halogens is 1. The minimum atomic E-state index is -1.13. The van der Waals surface area contributed by atoms with Crippen molar-refractivity contribution in [2.45, 2.75) is 23.1 Å². The zero-order valence-corrected chi connectivity index (χ0v) is 24.0. The third kappa shape index (κ3) is 5.37. The Morgan fingerprint density at radius 1 is 1.07 bits per heavy atom. The third-order valence-corrected chi connectivity index (χ3v) is 8.42. The predicted octanol–water partition coefficient (Wildman–Crippen LogP) is 5.68. The van der Waals surface area contributed by atoms with Gasteiger partial charge in [0, 0.05) is 5.75 Å². The largest absolute Gasteiger partial charge is 0.503 e. The third-order valence-electron chi connectivity index (χ3n) is 6.30. The summed E-state index contributed by atoms with van der Waals surface area (Å²) < 4.78 is 35.8. The quantitative estimate of drug-likeness (QED) is 0.139. The number of aryl methyl sites for hydroxylation is 1. The Morgan fingerprint density at radius 3 is 2.34 bits per heavy atom. The van der Waals surface area contributed by atoms with Crippen LogP contribution in [0.3, 0.4) is 0 Å². The lowest BCUT2D eigenvalue weighted by Crippen LogP contribution is -2.31. The number of furan rings is 1. The highest BCUT2D eigenvalue weighted by molar-refractivity contribution is 8.00. The number of anilines is 1. The van der Waals surface area contributed by atoms with E-state index in [1.165, 1.54) is 56.2 Å². The molecule has 2 aromatic heterocycles. The monoisotopic (exact) mass is 597 g/mol. The Hall–Kier alpha value is -4.36. The zero-order chi connectivity index (χ0) is 29.3. The summed E-state index contributed by atoms with van der Waals surface area (Å²) in [6.07, 6.45) is 0.